The Kier molecular flexibility index (Phi) is 10.8. The van der Waals surface area contributed by atoms with Crippen LogP contribution in [0.25, 0.3) is 11.1 Å². The van der Waals surface area contributed by atoms with Gasteiger partial charge in [-0.2, -0.15) is 17.6 Å². The molecule has 34 heavy (non-hydrogen) atoms. The van der Waals surface area contributed by atoms with Crippen LogP contribution in [0.5, 0.6) is 11.5 Å². The van der Waals surface area contributed by atoms with E-state index in [9.17, 15) is 27.8 Å². The molecule has 0 aliphatic heterocycles. The highest BCUT2D eigenvalue weighted by atomic mass is 19.3. The van der Waals surface area contributed by atoms with Crippen molar-refractivity contribution in [1.82, 2.24) is 0 Å². The van der Waals surface area contributed by atoms with Gasteiger partial charge < -0.3 is 19.7 Å². The van der Waals surface area contributed by atoms with E-state index in [1.807, 2.05) is 6.92 Å². The third-order valence-corrected chi connectivity index (χ3v) is 4.76. The molecule has 9 heteroatoms. The zero-order valence-electron chi connectivity index (χ0n) is 18.8. The Balaban J connectivity index is 2.44. The van der Waals surface area contributed by atoms with Gasteiger partial charge in [0.25, 0.3) is 0 Å². The van der Waals surface area contributed by atoms with Crippen molar-refractivity contribution in [3.05, 3.63) is 71.5 Å². The molecular weight excluding hydrogens is 454 g/mol. The highest BCUT2D eigenvalue weighted by molar-refractivity contribution is 5.81. The summed E-state index contributed by atoms with van der Waals surface area (Å²) in [5.74, 6) is -0.348. The molecule has 0 amide bonds. The average molecular weight is 481 g/mol. The van der Waals surface area contributed by atoms with Gasteiger partial charge in [0.2, 0.25) is 0 Å². The molecular formula is C25H27F4NO4. The van der Waals surface area contributed by atoms with Gasteiger partial charge in [0, 0.05) is 11.8 Å². The van der Waals surface area contributed by atoms with Crippen LogP contribution in [0.15, 0.2) is 70.9 Å². The molecule has 0 spiro atoms. The fourth-order valence-electron chi connectivity index (χ4n) is 3.10. The summed E-state index contributed by atoms with van der Waals surface area (Å²) in [4.78, 5) is 4.22. The smallest absolute Gasteiger partial charge is 0.387 e. The normalized spacial score (nSPS) is 13.7. The van der Waals surface area contributed by atoms with Gasteiger partial charge in [0.1, 0.15) is 17.6 Å². The zero-order valence-corrected chi connectivity index (χ0v) is 18.8. The second-order valence-corrected chi connectivity index (χ2v) is 7.13. The molecule has 0 saturated heterocycles. The first kappa shape index (κ1) is 27.1. The number of unbranched alkanes of at least 4 members (excludes halogenated alkanes) is 1. The van der Waals surface area contributed by atoms with Crippen LogP contribution in [0.4, 0.5) is 17.6 Å². The van der Waals surface area contributed by atoms with Crippen LogP contribution in [0.1, 0.15) is 38.4 Å². The molecule has 0 aliphatic carbocycles. The van der Waals surface area contributed by atoms with Crippen LogP contribution in [0.3, 0.4) is 0 Å². The Hall–Kier alpha value is -3.17. The lowest BCUT2D eigenvalue weighted by molar-refractivity contribution is -0.0500. The van der Waals surface area contributed by atoms with Crippen molar-refractivity contribution >= 4 is 6.21 Å². The van der Waals surface area contributed by atoms with Crippen molar-refractivity contribution < 1.29 is 37.2 Å². The lowest BCUT2D eigenvalue weighted by Gasteiger charge is -2.17. The van der Waals surface area contributed by atoms with E-state index in [1.165, 1.54) is 48.7 Å². The Morgan fingerprint density at radius 1 is 1.06 bits per heavy atom. The van der Waals surface area contributed by atoms with E-state index in [1.54, 1.807) is 19.1 Å². The topological polar surface area (TPSA) is 71.3 Å². The van der Waals surface area contributed by atoms with Crippen LogP contribution in [0.2, 0.25) is 0 Å². The Bertz CT molecular complexity index is 1020. The van der Waals surface area contributed by atoms with Crippen LogP contribution in [-0.4, -0.2) is 36.3 Å². The number of aliphatic imine (C=N–C) groups is 1. The molecule has 0 unspecified atom stereocenters. The third-order valence-electron chi connectivity index (χ3n) is 4.76. The summed E-state index contributed by atoms with van der Waals surface area (Å²) in [6, 6.07) is 9.65. The quantitative estimate of drug-likeness (QED) is 0.276. The number of alkyl halides is 4. The summed E-state index contributed by atoms with van der Waals surface area (Å²) in [6.45, 7) is -2.74. The number of hydrogen-bond acceptors (Lipinski definition) is 5. The monoisotopic (exact) mass is 481 g/mol. The number of ether oxygens (including phenoxy) is 2. The van der Waals surface area contributed by atoms with Gasteiger partial charge in [-0.3, -0.25) is 4.99 Å². The molecule has 0 saturated carbocycles. The largest absolute Gasteiger partial charge is 0.435 e. The highest BCUT2D eigenvalue weighted by Gasteiger charge is 2.18. The van der Waals surface area contributed by atoms with Crippen molar-refractivity contribution in [2.24, 2.45) is 4.99 Å². The number of allylic oxidation sites excluding steroid dienone is 2. The minimum absolute atomic E-state index is 0.155. The second kappa shape index (κ2) is 13.5. The van der Waals surface area contributed by atoms with Gasteiger partial charge in [-0.1, -0.05) is 43.7 Å². The van der Waals surface area contributed by atoms with Crippen molar-refractivity contribution in [2.75, 3.05) is 6.61 Å². The fraction of sp³-hybridized carbons (Fsp3) is 0.320. The molecule has 2 N–H and O–H groups in total. The molecule has 0 heterocycles. The molecule has 5 nitrogen and oxygen atoms in total. The van der Waals surface area contributed by atoms with Crippen LogP contribution in [0, 0.1) is 0 Å². The highest BCUT2D eigenvalue weighted by Crippen LogP contribution is 2.36. The lowest BCUT2D eigenvalue weighted by atomic mass is 9.96. The first-order valence-corrected chi connectivity index (χ1v) is 10.6. The number of aliphatic hydroxyl groups excluding tert-OH is 2. The summed E-state index contributed by atoms with van der Waals surface area (Å²) >= 11 is 0. The maximum Gasteiger partial charge on any atom is 0.387 e. The SMILES string of the molecule is C\C=C(/C=N/C(=C/CCC)CO)[C@H](O)c1ccc(OC(F)F)c(-c2cccc(OC(F)F)c2)c1. The molecule has 0 bridgehead atoms. The van der Waals surface area contributed by atoms with E-state index in [4.69, 9.17) is 0 Å². The second-order valence-electron chi connectivity index (χ2n) is 7.13. The molecule has 0 fully saturated rings. The Morgan fingerprint density at radius 3 is 2.41 bits per heavy atom. The molecule has 2 aromatic rings. The summed E-state index contributed by atoms with van der Waals surface area (Å²) < 4.78 is 60.1. The van der Waals surface area contributed by atoms with Gasteiger partial charge in [-0.15, -0.1) is 0 Å². The van der Waals surface area contributed by atoms with E-state index in [0.717, 1.165) is 12.8 Å². The number of benzene rings is 2. The van der Waals surface area contributed by atoms with Crippen LogP contribution >= 0.6 is 0 Å². The van der Waals surface area contributed by atoms with E-state index >= 15 is 0 Å². The zero-order chi connectivity index (χ0) is 25.1. The van der Waals surface area contributed by atoms with E-state index in [2.05, 4.69) is 14.5 Å². The van der Waals surface area contributed by atoms with Gasteiger partial charge in [0.05, 0.1) is 12.3 Å². The number of aliphatic hydroxyl groups is 2. The fourth-order valence-corrected chi connectivity index (χ4v) is 3.10. The number of halogens is 4. The molecule has 1 atom stereocenters. The Labute approximate surface area is 195 Å². The van der Waals surface area contributed by atoms with E-state index in [0.29, 0.717) is 16.8 Å². The van der Waals surface area contributed by atoms with Crippen molar-refractivity contribution in [2.45, 2.75) is 46.0 Å². The van der Waals surface area contributed by atoms with Gasteiger partial charge in [0.15, 0.2) is 0 Å². The first-order chi connectivity index (χ1) is 16.3. The summed E-state index contributed by atoms with van der Waals surface area (Å²) in [6.07, 6.45) is 5.28. The Morgan fingerprint density at radius 2 is 1.79 bits per heavy atom. The molecule has 2 rings (SSSR count). The standard InChI is InChI=1S/C25H27F4NO4/c1-3-5-8-19(15-31)30-14-16(4-2)23(32)18-10-11-22(34-25(28)29)21(13-18)17-7-6-9-20(12-17)33-24(26)27/h4,6-14,23-25,31-32H,3,5,15H2,1-2H3/b16-4+,19-8+,30-14+/t23-/m0/s1. The van der Waals surface area contributed by atoms with Gasteiger partial charge in [-0.05, 0) is 54.3 Å². The molecule has 0 radical (unpaired) electrons. The number of nitrogens with zero attached hydrogens (tertiary/aromatic N) is 1. The minimum atomic E-state index is -3.11. The van der Waals surface area contributed by atoms with E-state index in [-0.39, 0.29) is 29.2 Å². The maximum atomic E-state index is 13.0. The van der Waals surface area contributed by atoms with Crippen molar-refractivity contribution in [3.63, 3.8) is 0 Å². The first-order valence-electron chi connectivity index (χ1n) is 10.6. The van der Waals surface area contributed by atoms with E-state index < -0.39 is 19.3 Å². The van der Waals surface area contributed by atoms with Gasteiger partial charge >= 0.3 is 13.2 Å². The maximum absolute atomic E-state index is 13.0. The summed E-state index contributed by atoms with van der Waals surface area (Å²) in [5, 5.41) is 20.3. The number of rotatable bonds is 12. The number of hydrogen-bond donors (Lipinski definition) is 2. The summed E-state index contributed by atoms with van der Waals surface area (Å²) in [5.41, 5.74) is 1.62. The lowest BCUT2D eigenvalue weighted by Crippen LogP contribution is -2.07. The van der Waals surface area contributed by atoms with Crippen LogP contribution in [-0.2, 0) is 0 Å². The van der Waals surface area contributed by atoms with Gasteiger partial charge in [-0.25, -0.2) is 0 Å². The molecule has 0 aromatic heterocycles. The minimum Gasteiger partial charge on any atom is -0.435 e. The van der Waals surface area contributed by atoms with Crippen molar-refractivity contribution in [3.8, 4) is 22.6 Å². The van der Waals surface area contributed by atoms with Crippen LogP contribution < -0.4 is 9.47 Å². The molecule has 184 valence electrons. The van der Waals surface area contributed by atoms with Crippen molar-refractivity contribution in [1.29, 1.82) is 0 Å². The third kappa shape index (κ3) is 8.00. The molecule has 2 aromatic carbocycles. The average Bonchev–Trinajstić information content (AvgIpc) is 2.80. The predicted octanol–water partition coefficient (Wildman–Crippen LogP) is 6.28. The molecule has 0 aliphatic rings. The summed E-state index contributed by atoms with van der Waals surface area (Å²) in [7, 11) is 0. The predicted molar refractivity (Wildman–Crippen MR) is 122 cm³/mol.